The van der Waals surface area contributed by atoms with Crippen molar-refractivity contribution in [1.29, 1.82) is 0 Å². The molecule has 3 heterocycles. The Balaban J connectivity index is 1.55. The average molecular weight is 316 g/mol. The van der Waals surface area contributed by atoms with Crippen LogP contribution in [-0.2, 0) is 4.74 Å². The summed E-state index contributed by atoms with van der Waals surface area (Å²) in [5.41, 5.74) is 1.31. The Hall–Kier alpha value is -2.21. The number of nitrogens with zero attached hydrogens (tertiary/aromatic N) is 1. The van der Waals surface area contributed by atoms with Gasteiger partial charge in [0.15, 0.2) is 11.5 Å². The lowest BCUT2D eigenvalue weighted by Crippen LogP contribution is -2.27. The lowest BCUT2D eigenvalue weighted by Gasteiger charge is -2.24. The van der Waals surface area contributed by atoms with Crippen molar-refractivity contribution in [1.82, 2.24) is 9.88 Å². The van der Waals surface area contributed by atoms with Crippen molar-refractivity contribution in [3.05, 3.63) is 23.9 Å². The minimum atomic E-state index is -0.330. The number of hydrogen-bond donors (Lipinski definition) is 2. The van der Waals surface area contributed by atoms with Gasteiger partial charge in [-0.1, -0.05) is 0 Å². The minimum absolute atomic E-state index is 0.0395. The smallest absolute Gasteiger partial charge is 0.340 e. The summed E-state index contributed by atoms with van der Waals surface area (Å²) in [5.74, 6) is 0.0494. The number of nitrogens with one attached hydrogen (secondary N) is 1. The zero-order valence-electron chi connectivity index (χ0n) is 13.1. The first kappa shape index (κ1) is 14.4. The highest BCUT2D eigenvalue weighted by molar-refractivity contribution is 6.04. The second kappa shape index (κ2) is 5.16. The number of piperidine rings is 1. The second-order valence-corrected chi connectivity index (χ2v) is 6.62. The van der Waals surface area contributed by atoms with Gasteiger partial charge in [-0.15, -0.1) is 0 Å². The first-order valence-electron chi connectivity index (χ1n) is 7.88. The van der Waals surface area contributed by atoms with Crippen LogP contribution in [0.1, 0.15) is 23.2 Å². The summed E-state index contributed by atoms with van der Waals surface area (Å²) >= 11 is 0. The number of fused-ring (bicyclic) bond motifs is 3. The van der Waals surface area contributed by atoms with Crippen LogP contribution in [0.25, 0.3) is 10.9 Å². The summed E-state index contributed by atoms with van der Waals surface area (Å²) in [5, 5.41) is 10.5. The van der Waals surface area contributed by atoms with Crippen LogP contribution in [0.3, 0.4) is 0 Å². The molecule has 2 saturated heterocycles. The van der Waals surface area contributed by atoms with Crippen LogP contribution in [0.15, 0.2) is 18.3 Å². The second-order valence-electron chi connectivity index (χ2n) is 6.62. The maximum absolute atomic E-state index is 12.5. The number of methoxy groups -OCH3 is 1. The van der Waals surface area contributed by atoms with Gasteiger partial charge in [0.2, 0.25) is 0 Å². The van der Waals surface area contributed by atoms with Crippen LogP contribution < -0.4 is 4.74 Å². The Labute approximate surface area is 134 Å². The van der Waals surface area contributed by atoms with Gasteiger partial charge in [0.1, 0.15) is 0 Å². The molecule has 0 saturated carbocycles. The molecule has 2 aromatic rings. The molecular formula is C17H20N2O4. The molecule has 0 radical (unpaired) electrons. The number of phenolic OH excluding ortho intramolecular Hbond substituents is 1. The average Bonchev–Trinajstić information content (AvgIpc) is 3.26. The van der Waals surface area contributed by atoms with Gasteiger partial charge in [-0.05, 0) is 32.0 Å². The lowest BCUT2D eigenvalue weighted by molar-refractivity contribution is 0.0326. The number of carbonyl (C=O) groups excluding carboxylic acids is 1. The van der Waals surface area contributed by atoms with E-state index in [4.69, 9.17) is 9.47 Å². The molecule has 0 amide bonds. The van der Waals surface area contributed by atoms with Crippen LogP contribution >= 0.6 is 0 Å². The van der Waals surface area contributed by atoms with Crippen molar-refractivity contribution in [2.45, 2.75) is 12.8 Å². The van der Waals surface area contributed by atoms with Crippen molar-refractivity contribution in [2.75, 3.05) is 33.4 Å². The third kappa shape index (κ3) is 2.34. The Kier molecular flexibility index (Phi) is 3.23. The van der Waals surface area contributed by atoms with E-state index in [0.717, 1.165) is 32.5 Å². The van der Waals surface area contributed by atoms with Gasteiger partial charge in [-0.3, -0.25) is 0 Å². The van der Waals surface area contributed by atoms with E-state index in [0.29, 0.717) is 28.8 Å². The van der Waals surface area contributed by atoms with E-state index in [1.54, 1.807) is 18.3 Å². The molecule has 2 aliphatic heterocycles. The molecule has 2 aliphatic rings. The van der Waals surface area contributed by atoms with Gasteiger partial charge in [-0.25, -0.2) is 4.79 Å². The number of rotatable bonds is 4. The van der Waals surface area contributed by atoms with E-state index in [1.165, 1.54) is 7.11 Å². The fourth-order valence-corrected chi connectivity index (χ4v) is 3.78. The topological polar surface area (TPSA) is 74.8 Å². The van der Waals surface area contributed by atoms with Crippen molar-refractivity contribution >= 4 is 16.9 Å². The zero-order chi connectivity index (χ0) is 16.0. The third-order valence-corrected chi connectivity index (χ3v) is 5.19. The summed E-state index contributed by atoms with van der Waals surface area (Å²) < 4.78 is 10.7. The number of phenols is 1. The SMILES string of the molecule is COc1cc2c(C(=O)OCC34CCN(CC3)C4)c[nH]c2cc1O. The standard InChI is InChI=1S/C17H20N2O4/c1-22-15-6-11-12(8-18-13(11)7-14(15)20)16(21)23-10-17-2-4-19(9-17)5-3-17/h6-8,18,20H,2-5,9-10H2,1H3. The van der Waals surface area contributed by atoms with Gasteiger partial charge in [0, 0.05) is 29.6 Å². The molecule has 0 spiro atoms. The molecule has 122 valence electrons. The van der Waals surface area contributed by atoms with Crippen LogP contribution in [0.2, 0.25) is 0 Å². The highest BCUT2D eigenvalue weighted by Gasteiger charge is 2.44. The molecule has 2 fully saturated rings. The summed E-state index contributed by atoms with van der Waals surface area (Å²) in [6.45, 7) is 3.74. The maximum atomic E-state index is 12.5. The highest BCUT2D eigenvalue weighted by Crippen LogP contribution is 2.40. The summed E-state index contributed by atoms with van der Waals surface area (Å²) in [7, 11) is 1.48. The molecule has 1 aromatic heterocycles. The molecular weight excluding hydrogens is 296 g/mol. The number of aromatic nitrogens is 1. The van der Waals surface area contributed by atoms with E-state index in [9.17, 15) is 9.90 Å². The van der Waals surface area contributed by atoms with Gasteiger partial charge in [-0.2, -0.15) is 0 Å². The summed E-state index contributed by atoms with van der Waals surface area (Å²) in [4.78, 5) is 17.9. The highest BCUT2D eigenvalue weighted by atomic mass is 16.5. The fraction of sp³-hybridized carbons (Fsp3) is 0.471. The van der Waals surface area contributed by atoms with Crippen LogP contribution in [-0.4, -0.2) is 54.3 Å². The van der Waals surface area contributed by atoms with Crippen LogP contribution in [0, 0.1) is 5.41 Å². The molecule has 1 aromatic carbocycles. The predicted molar refractivity (Wildman–Crippen MR) is 84.9 cm³/mol. The largest absolute Gasteiger partial charge is 0.504 e. The van der Waals surface area contributed by atoms with Gasteiger partial charge >= 0.3 is 5.97 Å². The van der Waals surface area contributed by atoms with Crippen molar-refractivity contribution in [3.63, 3.8) is 0 Å². The number of ether oxygens (including phenoxy) is 2. The van der Waals surface area contributed by atoms with Gasteiger partial charge in [0.05, 0.1) is 24.8 Å². The summed E-state index contributed by atoms with van der Waals surface area (Å²) in [6.07, 6.45) is 3.84. The van der Waals surface area contributed by atoms with Gasteiger partial charge < -0.3 is 24.5 Å². The molecule has 6 heteroatoms. The number of aromatic amines is 1. The molecule has 2 N–H and O–H groups in total. The van der Waals surface area contributed by atoms with E-state index >= 15 is 0 Å². The molecule has 6 nitrogen and oxygen atoms in total. The number of carbonyl (C=O) groups is 1. The Bertz CT molecular complexity index is 759. The first-order valence-corrected chi connectivity index (χ1v) is 7.88. The van der Waals surface area contributed by atoms with E-state index in [1.807, 2.05) is 0 Å². The predicted octanol–water partition coefficient (Wildman–Crippen LogP) is 2.13. The lowest BCUT2D eigenvalue weighted by atomic mass is 9.86. The molecule has 2 bridgehead atoms. The maximum Gasteiger partial charge on any atom is 0.340 e. The quantitative estimate of drug-likeness (QED) is 0.845. The number of aromatic hydroxyl groups is 1. The zero-order valence-corrected chi connectivity index (χ0v) is 13.1. The minimum Gasteiger partial charge on any atom is -0.504 e. The molecule has 4 rings (SSSR count). The Morgan fingerprint density at radius 2 is 2.17 bits per heavy atom. The monoisotopic (exact) mass is 316 g/mol. The van der Waals surface area contributed by atoms with Crippen molar-refractivity contribution < 1.29 is 19.4 Å². The van der Waals surface area contributed by atoms with Crippen LogP contribution in [0.4, 0.5) is 0 Å². The molecule has 0 aliphatic carbocycles. The van der Waals surface area contributed by atoms with E-state index < -0.39 is 0 Å². The number of hydrogen-bond acceptors (Lipinski definition) is 5. The number of esters is 1. The van der Waals surface area contributed by atoms with Crippen molar-refractivity contribution in [2.24, 2.45) is 5.41 Å². The molecule has 23 heavy (non-hydrogen) atoms. The van der Waals surface area contributed by atoms with Gasteiger partial charge in [0.25, 0.3) is 0 Å². The summed E-state index contributed by atoms with van der Waals surface area (Å²) in [6, 6.07) is 3.21. The van der Waals surface area contributed by atoms with E-state index in [2.05, 4.69) is 9.88 Å². The van der Waals surface area contributed by atoms with Crippen LogP contribution in [0.5, 0.6) is 11.5 Å². The van der Waals surface area contributed by atoms with Crippen molar-refractivity contribution in [3.8, 4) is 11.5 Å². The fourth-order valence-electron chi connectivity index (χ4n) is 3.78. The molecule has 0 unspecified atom stereocenters. The Morgan fingerprint density at radius 3 is 2.83 bits per heavy atom. The first-order chi connectivity index (χ1) is 11.1. The third-order valence-electron chi connectivity index (χ3n) is 5.19. The molecule has 0 atom stereocenters. The normalized spacial score (nSPS) is 25.9. The number of benzene rings is 1. The number of H-pyrrole nitrogens is 1. The Morgan fingerprint density at radius 1 is 1.39 bits per heavy atom. The van der Waals surface area contributed by atoms with E-state index in [-0.39, 0.29) is 17.1 Å².